The van der Waals surface area contributed by atoms with Crippen molar-refractivity contribution in [2.75, 3.05) is 17.7 Å². The first-order valence-electron chi connectivity index (χ1n) is 9.20. The van der Waals surface area contributed by atoms with Crippen molar-refractivity contribution < 1.29 is 9.53 Å². The molecular weight excluding hydrogens is 364 g/mol. The Hall–Kier alpha value is -3.93. The van der Waals surface area contributed by atoms with Gasteiger partial charge in [0, 0.05) is 36.1 Å². The lowest BCUT2D eigenvalue weighted by Gasteiger charge is -2.11. The van der Waals surface area contributed by atoms with Crippen molar-refractivity contribution in [1.82, 2.24) is 9.97 Å². The molecule has 0 atom stereocenters. The van der Waals surface area contributed by atoms with Gasteiger partial charge in [0.1, 0.15) is 5.75 Å². The van der Waals surface area contributed by atoms with Gasteiger partial charge in [-0.2, -0.15) is 0 Å². The maximum absolute atomic E-state index is 12.8. The standard InChI is InChI=1S/C23H20N4O2/c1-29-21-10-3-2-6-17(21)14-26-19-12-18(13-24-15-19)23(28)27-20-9-4-7-16-8-5-11-25-22(16)20/h2-13,15,26H,14H2,1H3,(H,27,28). The number of carbonyl (C=O) groups excluding carboxylic acids is 1. The van der Waals surface area contributed by atoms with Gasteiger partial charge in [-0.05, 0) is 24.3 Å². The van der Waals surface area contributed by atoms with Gasteiger partial charge in [-0.25, -0.2) is 0 Å². The third-order valence-electron chi connectivity index (χ3n) is 4.56. The van der Waals surface area contributed by atoms with Gasteiger partial charge in [-0.1, -0.05) is 36.4 Å². The number of aromatic nitrogens is 2. The summed E-state index contributed by atoms with van der Waals surface area (Å²) in [6.45, 7) is 0.560. The molecule has 2 N–H and O–H groups in total. The van der Waals surface area contributed by atoms with Crippen LogP contribution in [0, 0.1) is 0 Å². The minimum Gasteiger partial charge on any atom is -0.496 e. The number of nitrogens with zero attached hydrogens (tertiary/aromatic N) is 2. The number of ether oxygens (including phenoxy) is 1. The van der Waals surface area contributed by atoms with Crippen LogP contribution in [0.25, 0.3) is 10.9 Å². The minimum absolute atomic E-state index is 0.239. The molecule has 0 aliphatic carbocycles. The van der Waals surface area contributed by atoms with Crippen molar-refractivity contribution in [2.45, 2.75) is 6.54 Å². The summed E-state index contributed by atoms with van der Waals surface area (Å²) in [6, 6.07) is 19.1. The molecule has 144 valence electrons. The maximum Gasteiger partial charge on any atom is 0.257 e. The Labute approximate surface area is 168 Å². The largest absolute Gasteiger partial charge is 0.496 e. The second kappa shape index (κ2) is 8.39. The molecule has 4 aromatic rings. The number of amides is 1. The fourth-order valence-corrected chi connectivity index (χ4v) is 3.11. The molecule has 29 heavy (non-hydrogen) atoms. The molecule has 0 saturated carbocycles. The van der Waals surface area contributed by atoms with Gasteiger partial charge in [-0.3, -0.25) is 14.8 Å². The van der Waals surface area contributed by atoms with E-state index in [1.807, 2.05) is 54.6 Å². The van der Waals surface area contributed by atoms with E-state index in [0.717, 1.165) is 27.9 Å². The van der Waals surface area contributed by atoms with Gasteiger partial charge in [0.2, 0.25) is 0 Å². The highest BCUT2D eigenvalue weighted by molar-refractivity contribution is 6.08. The van der Waals surface area contributed by atoms with Gasteiger partial charge in [-0.15, -0.1) is 0 Å². The number of fused-ring (bicyclic) bond motifs is 1. The predicted octanol–water partition coefficient (Wildman–Crippen LogP) is 4.50. The summed E-state index contributed by atoms with van der Waals surface area (Å²) in [5.74, 6) is 0.571. The second-order valence-electron chi connectivity index (χ2n) is 6.46. The Morgan fingerprint density at radius 1 is 1.03 bits per heavy atom. The van der Waals surface area contributed by atoms with Gasteiger partial charge >= 0.3 is 0 Å². The fourth-order valence-electron chi connectivity index (χ4n) is 3.11. The first-order valence-corrected chi connectivity index (χ1v) is 9.20. The van der Waals surface area contributed by atoms with E-state index in [4.69, 9.17) is 4.74 Å². The quantitative estimate of drug-likeness (QED) is 0.512. The summed E-state index contributed by atoms with van der Waals surface area (Å²) in [5, 5.41) is 7.19. The van der Waals surface area contributed by atoms with Crippen LogP contribution in [0.5, 0.6) is 5.75 Å². The Bertz CT molecular complexity index is 1150. The average Bonchev–Trinajstić information content (AvgIpc) is 2.78. The number of rotatable bonds is 6. The van der Waals surface area contributed by atoms with E-state index in [2.05, 4.69) is 20.6 Å². The first kappa shape index (κ1) is 18.4. The van der Waals surface area contributed by atoms with E-state index in [-0.39, 0.29) is 5.91 Å². The van der Waals surface area contributed by atoms with Crippen molar-refractivity contribution in [1.29, 1.82) is 0 Å². The summed E-state index contributed by atoms with van der Waals surface area (Å²) in [4.78, 5) is 21.3. The van der Waals surface area contributed by atoms with Crippen LogP contribution in [0.1, 0.15) is 15.9 Å². The fraction of sp³-hybridized carbons (Fsp3) is 0.0870. The number of hydrogen-bond acceptors (Lipinski definition) is 5. The molecule has 0 saturated heterocycles. The highest BCUT2D eigenvalue weighted by atomic mass is 16.5. The summed E-state index contributed by atoms with van der Waals surface area (Å²) >= 11 is 0. The smallest absolute Gasteiger partial charge is 0.257 e. The molecule has 0 aliphatic rings. The summed E-state index contributed by atoms with van der Waals surface area (Å²) in [5.41, 5.74) is 3.65. The summed E-state index contributed by atoms with van der Waals surface area (Å²) < 4.78 is 5.37. The van der Waals surface area contributed by atoms with Crippen LogP contribution in [0.2, 0.25) is 0 Å². The number of para-hydroxylation sites is 2. The first-order chi connectivity index (χ1) is 14.2. The molecule has 1 amide bonds. The lowest BCUT2D eigenvalue weighted by molar-refractivity contribution is 0.102. The monoisotopic (exact) mass is 384 g/mol. The molecule has 6 heteroatoms. The zero-order chi connectivity index (χ0) is 20.1. The molecule has 2 aromatic heterocycles. The number of anilines is 2. The normalized spacial score (nSPS) is 10.5. The molecule has 0 aliphatic heterocycles. The minimum atomic E-state index is -0.239. The van der Waals surface area contributed by atoms with Crippen molar-refractivity contribution in [3.63, 3.8) is 0 Å². The Balaban J connectivity index is 1.50. The second-order valence-corrected chi connectivity index (χ2v) is 6.46. The molecule has 2 heterocycles. The third-order valence-corrected chi connectivity index (χ3v) is 4.56. The number of methoxy groups -OCH3 is 1. The van der Waals surface area contributed by atoms with Crippen molar-refractivity contribution in [3.8, 4) is 5.75 Å². The van der Waals surface area contributed by atoms with Crippen LogP contribution in [0.3, 0.4) is 0 Å². The van der Waals surface area contributed by atoms with Crippen LogP contribution in [0.15, 0.2) is 79.3 Å². The number of benzene rings is 2. The summed E-state index contributed by atoms with van der Waals surface area (Å²) in [7, 11) is 1.65. The van der Waals surface area contributed by atoms with Gasteiger partial charge in [0.05, 0.1) is 29.6 Å². The molecule has 4 rings (SSSR count). The van der Waals surface area contributed by atoms with Crippen molar-refractivity contribution in [3.05, 3.63) is 90.4 Å². The maximum atomic E-state index is 12.8. The van der Waals surface area contributed by atoms with Crippen LogP contribution < -0.4 is 15.4 Å². The number of hydrogen-bond donors (Lipinski definition) is 2. The molecule has 2 aromatic carbocycles. The van der Waals surface area contributed by atoms with Crippen LogP contribution >= 0.6 is 0 Å². The Morgan fingerprint density at radius 2 is 1.90 bits per heavy atom. The predicted molar refractivity (Wildman–Crippen MR) is 114 cm³/mol. The molecule has 0 spiro atoms. The van der Waals surface area contributed by atoms with Gasteiger partial charge in [0.15, 0.2) is 0 Å². The SMILES string of the molecule is COc1ccccc1CNc1cncc(C(=O)Nc2cccc3cccnc23)c1. The summed E-state index contributed by atoms with van der Waals surface area (Å²) in [6.07, 6.45) is 4.94. The van der Waals surface area contributed by atoms with E-state index >= 15 is 0 Å². The zero-order valence-corrected chi connectivity index (χ0v) is 15.9. The van der Waals surface area contributed by atoms with Crippen LogP contribution in [-0.2, 0) is 6.54 Å². The highest BCUT2D eigenvalue weighted by Gasteiger charge is 2.10. The van der Waals surface area contributed by atoms with E-state index in [1.54, 1.807) is 31.8 Å². The Morgan fingerprint density at radius 3 is 2.79 bits per heavy atom. The lowest BCUT2D eigenvalue weighted by atomic mass is 10.1. The average molecular weight is 384 g/mol. The Kier molecular flexibility index (Phi) is 5.33. The topological polar surface area (TPSA) is 76.1 Å². The zero-order valence-electron chi connectivity index (χ0n) is 15.9. The number of pyridine rings is 2. The van der Waals surface area contributed by atoms with Crippen LogP contribution in [0.4, 0.5) is 11.4 Å². The molecule has 0 unspecified atom stereocenters. The van der Waals surface area contributed by atoms with E-state index in [0.29, 0.717) is 17.8 Å². The van der Waals surface area contributed by atoms with E-state index in [1.165, 1.54) is 0 Å². The van der Waals surface area contributed by atoms with Crippen molar-refractivity contribution in [2.24, 2.45) is 0 Å². The van der Waals surface area contributed by atoms with E-state index in [9.17, 15) is 4.79 Å². The van der Waals surface area contributed by atoms with Crippen LogP contribution in [-0.4, -0.2) is 23.0 Å². The molecule has 6 nitrogen and oxygen atoms in total. The van der Waals surface area contributed by atoms with Gasteiger partial charge in [0.25, 0.3) is 5.91 Å². The number of carbonyl (C=O) groups is 1. The molecule has 0 fully saturated rings. The molecule has 0 bridgehead atoms. The third kappa shape index (κ3) is 4.16. The van der Waals surface area contributed by atoms with E-state index < -0.39 is 0 Å². The molecule has 0 radical (unpaired) electrons. The molecular formula is C23H20N4O2. The number of nitrogens with one attached hydrogen (secondary N) is 2. The highest BCUT2D eigenvalue weighted by Crippen LogP contribution is 2.22. The van der Waals surface area contributed by atoms with Crippen molar-refractivity contribution >= 4 is 28.2 Å². The lowest BCUT2D eigenvalue weighted by Crippen LogP contribution is -2.13. The van der Waals surface area contributed by atoms with Gasteiger partial charge < -0.3 is 15.4 Å².